The minimum Gasteiger partial charge on any atom is -0.496 e. The van der Waals surface area contributed by atoms with Crippen LogP contribution in [0.4, 0.5) is 18.3 Å². The lowest BCUT2D eigenvalue weighted by atomic mass is 10.2. The zero-order valence-corrected chi connectivity index (χ0v) is 15.2. The third kappa shape index (κ3) is 6.77. The van der Waals surface area contributed by atoms with Crippen LogP contribution in [-0.2, 0) is 16.0 Å². The van der Waals surface area contributed by atoms with Gasteiger partial charge >= 0.3 is 12.3 Å². The van der Waals surface area contributed by atoms with E-state index in [4.69, 9.17) is 9.47 Å². The van der Waals surface area contributed by atoms with Crippen molar-refractivity contribution in [1.29, 1.82) is 0 Å². The molecule has 0 unspecified atom stereocenters. The molecule has 146 valence electrons. The van der Waals surface area contributed by atoms with Gasteiger partial charge < -0.3 is 14.2 Å². The molecule has 0 fully saturated rings. The number of alkyl halides is 3. The molecule has 0 aliphatic heterocycles. The summed E-state index contributed by atoms with van der Waals surface area (Å²) in [6.45, 7) is 2.02. The third-order valence-electron chi connectivity index (χ3n) is 2.98. The van der Waals surface area contributed by atoms with Gasteiger partial charge in [0.15, 0.2) is 0 Å². The van der Waals surface area contributed by atoms with Crippen molar-refractivity contribution >= 4 is 28.7 Å². The number of hydrogen-bond donors (Lipinski definition) is 1. The number of carbonyl (C=O) groups is 1. The van der Waals surface area contributed by atoms with Gasteiger partial charge in [-0.3, -0.25) is 10.2 Å². The number of rotatable bonds is 8. The average Bonchev–Trinajstić information content (AvgIpc) is 3.02. The number of hydrazone groups is 1. The van der Waals surface area contributed by atoms with Crippen LogP contribution in [0.25, 0.3) is 0 Å². The Morgan fingerprint density at radius 1 is 1.41 bits per heavy atom. The van der Waals surface area contributed by atoms with Crippen LogP contribution >= 0.6 is 11.3 Å². The lowest BCUT2D eigenvalue weighted by Crippen LogP contribution is -2.17. The normalized spacial score (nSPS) is 11.4. The summed E-state index contributed by atoms with van der Waals surface area (Å²) in [7, 11) is 1.32. The SMILES string of the molecule is CCOC(=O)Cc1csc(NN=Cc2ccc(OC(F)(F)F)cc2OC)n1. The molecule has 27 heavy (non-hydrogen) atoms. The van der Waals surface area contributed by atoms with E-state index < -0.39 is 12.1 Å². The van der Waals surface area contributed by atoms with Crippen LogP contribution in [-0.4, -0.2) is 37.2 Å². The molecule has 0 saturated heterocycles. The summed E-state index contributed by atoms with van der Waals surface area (Å²) in [4.78, 5) is 15.6. The fraction of sp³-hybridized carbons (Fsp3) is 0.312. The van der Waals surface area contributed by atoms with Crippen molar-refractivity contribution in [2.24, 2.45) is 5.10 Å². The Labute approximate surface area is 156 Å². The highest BCUT2D eigenvalue weighted by Crippen LogP contribution is 2.28. The number of anilines is 1. The molecular weight excluding hydrogens is 387 g/mol. The quantitative estimate of drug-likeness (QED) is 0.412. The summed E-state index contributed by atoms with van der Waals surface area (Å²) in [5.74, 6) is -0.610. The van der Waals surface area contributed by atoms with Gasteiger partial charge in [-0.05, 0) is 19.1 Å². The number of methoxy groups -OCH3 is 1. The van der Waals surface area contributed by atoms with E-state index >= 15 is 0 Å². The largest absolute Gasteiger partial charge is 0.573 e. The van der Waals surface area contributed by atoms with E-state index in [1.54, 1.807) is 12.3 Å². The molecule has 0 aliphatic carbocycles. The minimum atomic E-state index is -4.78. The molecule has 2 aromatic rings. The second kappa shape index (κ2) is 9.21. The number of halogens is 3. The summed E-state index contributed by atoms with van der Waals surface area (Å²) in [6.07, 6.45) is -3.36. The first-order valence-corrected chi connectivity index (χ1v) is 8.51. The predicted molar refractivity (Wildman–Crippen MR) is 93.3 cm³/mol. The Hall–Kier alpha value is -2.82. The van der Waals surface area contributed by atoms with Gasteiger partial charge in [-0.25, -0.2) is 4.98 Å². The second-order valence-corrected chi connectivity index (χ2v) is 5.81. The minimum absolute atomic E-state index is 0.0597. The first-order valence-electron chi connectivity index (χ1n) is 7.63. The molecule has 0 aliphatic rings. The van der Waals surface area contributed by atoms with Gasteiger partial charge in [0.2, 0.25) is 5.13 Å². The van der Waals surface area contributed by atoms with E-state index in [1.807, 2.05) is 0 Å². The molecule has 0 bridgehead atoms. The van der Waals surface area contributed by atoms with Crippen molar-refractivity contribution < 1.29 is 32.2 Å². The van der Waals surface area contributed by atoms with E-state index in [9.17, 15) is 18.0 Å². The molecule has 7 nitrogen and oxygen atoms in total. The molecule has 1 aromatic heterocycles. The molecule has 2 rings (SSSR count). The number of carbonyl (C=O) groups excluding carboxylic acids is 1. The highest BCUT2D eigenvalue weighted by atomic mass is 32.1. The van der Waals surface area contributed by atoms with E-state index in [1.165, 1.54) is 30.7 Å². The second-order valence-electron chi connectivity index (χ2n) is 4.95. The number of nitrogens with one attached hydrogen (secondary N) is 1. The number of esters is 1. The van der Waals surface area contributed by atoms with Gasteiger partial charge in [0.1, 0.15) is 11.5 Å². The van der Waals surface area contributed by atoms with Gasteiger partial charge in [0.25, 0.3) is 0 Å². The Morgan fingerprint density at radius 3 is 2.85 bits per heavy atom. The van der Waals surface area contributed by atoms with E-state index in [2.05, 4.69) is 20.2 Å². The Bertz CT molecular complexity index is 808. The molecule has 0 spiro atoms. The summed E-state index contributed by atoms with van der Waals surface area (Å²) in [6, 6.07) is 3.63. The molecule has 1 aromatic carbocycles. The molecule has 0 radical (unpaired) electrons. The number of aromatic nitrogens is 1. The molecule has 1 heterocycles. The summed E-state index contributed by atoms with van der Waals surface area (Å²) >= 11 is 1.24. The Balaban J connectivity index is 1.99. The topological polar surface area (TPSA) is 82.0 Å². The van der Waals surface area contributed by atoms with Crippen molar-refractivity contribution in [3.8, 4) is 11.5 Å². The monoisotopic (exact) mass is 403 g/mol. The first kappa shape index (κ1) is 20.5. The van der Waals surface area contributed by atoms with Gasteiger partial charge in [-0.1, -0.05) is 0 Å². The van der Waals surface area contributed by atoms with Crippen LogP contribution in [0.1, 0.15) is 18.2 Å². The number of thiazole rings is 1. The van der Waals surface area contributed by atoms with Crippen molar-refractivity contribution in [2.45, 2.75) is 19.7 Å². The third-order valence-corrected chi connectivity index (χ3v) is 3.78. The van der Waals surface area contributed by atoms with Gasteiger partial charge in [-0.2, -0.15) is 5.10 Å². The summed E-state index contributed by atoms with van der Waals surface area (Å²) in [5, 5.41) is 6.11. The van der Waals surface area contributed by atoms with E-state index in [-0.39, 0.29) is 18.1 Å². The van der Waals surface area contributed by atoms with E-state index in [0.717, 1.165) is 12.1 Å². The van der Waals surface area contributed by atoms with Crippen LogP contribution in [0.3, 0.4) is 0 Å². The van der Waals surface area contributed by atoms with Gasteiger partial charge in [-0.15, -0.1) is 24.5 Å². The van der Waals surface area contributed by atoms with E-state index in [0.29, 0.717) is 23.0 Å². The van der Waals surface area contributed by atoms with Crippen molar-refractivity contribution in [3.05, 3.63) is 34.8 Å². The van der Waals surface area contributed by atoms with Crippen LogP contribution < -0.4 is 14.9 Å². The number of hydrogen-bond acceptors (Lipinski definition) is 8. The fourth-order valence-corrected chi connectivity index (χ4v) is 2.61. The fourth-order valence-electron chi connectivity index (χ4n) is 1.95. The van der Waals surface area contributed by atoms with Crippen LogP contribution in [0.5, 0.6) is 11.5 Å². The van der Waals surface area contributed by atoms with Gasteiger partial charge in [0.05, 0.1) is 32.0 Å². The number of benzene rings is 1. The maximum atomic E-state index is 12.3. The number of ether oxygens (including phenoxy) is 3. The molecule has 1 N–H and O–H groups in total. The summed E-state index contributed by atoms with van der Waals surface area (Å²) < 4.78 is 50.5. The number of nitrogens with zero attached hydrogens (tertiary/aromatic N) is 2. The predicted octanol–water partition coefficient (Wildman–Crippen LogP) is 3.60. The van der Waals surface area contributed by atoms with Crippen LogP contribution in [0.2, 0.25) is 0 Å². The van der Waals surface area contributed by atoms with Crippen molar-refractivity contribution in [2.75, 3.05) is 19.1 Å². The Morgan fingerprint density at radius 2 is 2.19 bits per heavy atom. The maximum Gasteiger partial charge on any atom is 0.573 e. The lowest BCUT2D eigenvalue weighted by Gasteiger charge is -2.11. The zero-order valence-electron chi connectivity index (χ0n) is 14.4. The van der Waals surface area contributed by atoms with Crippen molar-refractivity contribution in [1.82, 2.24) is 4.98 Å². The molecule has 0 saturated carbocycles. The molecule has 0 atom stereocenters. The standard InChI is InChI=1S/C16H16F3N3O4S/c1-3-25-14(23)6-11-9-27-15(21-11)22-20-8-10-4-5-12(7-13(10)24-2)26-16(17,18)19/h4-5,7-9H,3,6H2,1-2H3,(H,21,22). The smallest absolute Gasteiger partial charge is 0.496 e. The first-order chi connectivity index (χ1) is 12.8. The highest BCUT2D eigenvalue weighted by molar-refractivity contribution is 7.13. The zero-order chi connectivity index (χ0) is 19.9. The molecule has 11 heteroatoms. The Kier molecular flexibility index (Phi) is 6.99. The van der Waals surface area contributed by atoms with Crippen LogP contribution in [0, 0.1) is 0 Å². The van der Waals surface area contributed by atoms with Crippen molar-refractivity contribution in [3.63, 3.8) is 0 Å². The molecule has 0 amide bonds. The van der Waals surface area contributed by atoms with Crippen LogP contribution in [0.15, 0.2) is 28.7 Å². The average molecular weight is 403 g/mol. The lowest BCUT2D eigenvalue weighted by molar-refractivity contribution is -0.274. The summed E-state index contributed by atoms with van der Waals surface area (Å²) in [5.41, 5.74) is 3.66. The van der Waals surface area contributed by atoms with Gasteiger partial charge in [0, 0.05) is 17.0 Å². The maximum absolute atomic E-state index is 12.3. The molecular formula is C16H16F3N3O4S. The highest BCUT2D eigenvalue weighted by Gasteiger charge is 2.31.